The van der Waals surface area contributed by atoms with E-state index in [2.05, 4.69) is 58.2 Å². The molecule has 2 unspecified atom stereocenters. The molecule has 33 heteroatoms. The zero-order chi connectivity index (χ0) is 68.9. The van der Waals surface area contributed by atoms with Gasteiger partial charge in [0.1, 0.15) is 48.6 Å². The van der Waals surface area contributed by atoms with Crippen molar-refractivity contribution in [3.05, 3.63) is 65.7 Å². The summed E-state index contributed by atoms with van der Waals surface area (Å²) in [6, 6.07) is 1.06. The number of rotatable bonds is 20. The summed E-state index contributed by atoms with van der Waals surface area (Å²) in [4.78, 5) is 195. The first-order valence-electron chi connectivity index (χ1n) is 30.5. The number of aromatic nitrogens is 1. The van der Waals surface area contributed by atoms with Crippen LogP contribution in [0.15, 0.2) is 59.6 Å². The van der Waals surface area contributed by atoms with Crippen LogP contribution in [-0.2, 0) is 80.2 Å². The summed E-state index contributed by atoms with van der Waals surface area (Å²) in [5, 5.41) is 59.1. The number of aldehydes is 1. The highest BCUT2D eigenvalue weighted by molar-refractivity contribution is 7.99. The molecule has 3 aromatic rings. The van der Waals surface area contributed by atoms with Crippen molar-refractivity contribution in [1.29, 1.82) is 0 Å². The molecule has 94 heavy (non-hydrogen) atoms. The first-order valence-corrected chi connectivity index (χ1v) is 31.5. The third kappa shape index (κ3) is 18.1. The van der Waals surface area contributed by atoms with Crippen LogP contribution in [0.1, 0.15) is 78.4 Å². The number of primary amides is 1. The third-order valence-corrected chi connectivity index (χ3v) is 17.7. The van der Waals surface area contributed by atoms with Crippen molar-refractivity contribution < 1.29 is 87.2 Å². The van der Waals surface area contributed by atoms with Crippen LogP contribution in [0.3, 0.4) is 0 Å². The number of thioether (sulfide) groups is 1. The van der Waals surface area contributed by atoms with E-state index in [1.807, 2.05) is 0 Å². The van der Waals surface area contributed by atoms with Gasteiger partial charge in [0.25, 0.3) is 11.8 Å². The van der Waals surface area contributed by atoms with Gasteiger partial charge in [-0.25, -0.2) is 0 Å². The Bertz CT molecular complexity index is 3440. The van der Waals surface area contributed by atoms with Crippen molar-refractivity contribution in [1.82, 2.24) is 62.6 Å². The number of imide groups is 1. The van der Waals surface area contributed by atoms with Crippen molar-refractivity contribution in [2.24, 2.45) is 23.5 Å². The number of aliphatic hydroxyl groups is 3. The molecule has 4 aliphatic rings. The summed E-state index contributed by atoms with van der Waals surface area (Å²) in [6.07, 6.45) is -2.54. The fourth-order valence-corrected chi connectivity index (χ4v) is 12.1. The molecule has 32 nitrogen and oxygen atoms in total. The first kappa shape index (κ1) is 72.1. The van der Waals surface area contributed by atoms with Crippen molar-refractivity contribution in [2.45, 2.75) is 145 Å². The van der Waals surface area contributed by atoms with E-state index in [1.165, 1.54) is 13.8 Å². The summed E-state index contributed by atoms with van der Waals surface area (Å²) in [6.45, 7) is 6.35. The van der Waals surface area contributed by atoms with Crippen molar-refractivity contribution in [3.63, 3.8) is 0 Å². The highest BCUT2D eigenvalue weighted by Crippen LogP contribution is 2.35. The highest BCUT2D eigenvalue weighted by Gasteiger charge is 2.53. The van der Waals surface area contributed by atoms with Crippen LogP contribution >= 0.6 is 11.8 Å². The lowest BCUT2D eigenvalue weighted by Crippen LogP contribution is -2.69. The number of carbonyl (C=O) groups is 14. The lowest BCUT2D eigenvalue weighted by atomic mass is 9.92. The monoisotopic (exact) mass is 1330 g/mol. The van der Waals surface area contributed by atoms with Crippen LogP contribution in [0.5, 0.6) is 5.75 Å². The number of fused-ring (bicyclic) bond motifs is 5. The molecule has 0 radical (unpaired) electrons. The molecule has 1 aromatic heterocycles. The molecular formula is C61H80N14O18S. The molecule has 0 spiro atoms. The maximum Gasteiger partial charge on any atom is 0.253 e. The van der Waals surface area contributed by atoms with Crippen LogP contribution < -0.4 is 63.6 Å². The number of nitrogens with two attached hydrogens (primary N) is 1. The molecule has 0 aliphatic carbocycles. The van der Waals surface area contributed by atoms with E-state index in [0.717, 1.165) is 33.7 Å². The fourth-order valence-electron chi connectivity index (χ4n) is 10.9. The summed E-state index contributed by atoms with van der Waals surface area (Å²) in [5.41, 5.74) is 4.96. The predicted molar refractivity (Wildman–Crippen MR) is 334 cm³/mol. The summed E-state index contributed by atoms with van der Waals surface area (Å²) >= 11 is 0.931. The van der Waals surface area contributed by atoms with E-state index in [1.54, 1.807) is 70.2 Å². The molecule has 1 fully saturated rings. The number of carbonyl (C=O) groups excluding carboxylic acids is 14. The van der Waals surface area contributed by atoms with Gasteiger partial charge in [-0.05, 0) is 54.2 Å². The topological polar surface area (TPSA) is 477 Å². The van der Waals surface area contributed by atoms with Gasteiger partial charge in [-0.1, -0.05) is 53.2 Å². The minimum atomic E-state index is -2.34. The number of anilines is 1. The molecule has 2 aromatic carbocycles. The summed E-state index contributed by atoms with van der Waals surface area (Å²) < 4.78 is 6.21. The molecule has 16 N–H and O–H groups in total. The number of nitrogens with zero attached hydrogens (tertiary/aromatic N) is 2. The molecule has 5 heterocycles. The largest absolute Gasteiger partial charge is 0.489 e. The van der Waals surface area contributed by atoms with E-state index in [-0.39, 0.29) is 36.6 Å². The number of hydrogen-bond acceptors (Lipinski definition) is 20. The lowest BCUT2D eigenvalue weighted by Gasteiger charge is -2.41. The number of aliphatic hydroxyl groups excluding tert-OH is 3. The Balaban J connectivity index is 1.18. The number of ether oxygens (including phenoxy) is 1. The van der Waals surface area contributed by atoms with Crippen LogP contribution in [0.4, 0.5) is 5.69 Å². The molecule has 7 rings (SSSR count). The van der Waals surface area contributed by atoms with E-state index in [4.69, 9.17) is 10.5 Å². The second-order valence-electron chi connectivity index (χ2n) is 23.9. The minimum absolute atomic E-state index is 0.0257. The van der Waals surface area contributed by atoms with Crippen LogP contribution in [0.25, 0.3) is 10.9 Å². The Labute approximate surface area is 543 Å². The Morgan fingerprint density at radius 3 is 2.13 bits per heavy atom. The van der Waals surface area contributed by atoms with Crippen LogP contribution in [-0.4, -0.2) is 212 Å². The number of aromatic amines is 1. The predicted octanol–water partition coefficient (Wildman–Crippen LogP) is -4.16. The molecule has 13 amide bonds. The average molecular weight is 1330 g/mol. The maximum atomic E-state index is 15.0. The third-order valence-electron chi connectivity index (χ3n) is 16.6. The zero-order valence-corrected chi connectivity index (χ0v) is 53.3. The van der Waals surface area contributed by atoms with Gasteiger partial charge in [-0.15, -0.1) is 11.8 Å². The van der Waals surface area contributed by atoms with E-state index >= 15 is 4.79 Å². The number of nitrogens with one attached hydrogen (secondary N) is 11. The molecule has 508 valence electrons. The average Bonchev–Trinajstić information content (AvgIpc) is 1.59. The summed E-state index contributed by atoms with van der Waals surface area (Å²) in [7, 11) is 0. The van der Waals surface area contributed by atoms with Crippen LogP contribution in [0.2, 0.25) is 0 Å². The number of benzene rings is 2. The zero-order valence-electron chi connectivity index (χ0n) is 52.5. The second-order valence-corrected chi connectivity index (χ2v) is 25.0. The van der Waals surface area contributed by atoms with Crippen molar-refractivity contribution in [3.8, 4) is 5.75 Å². The van der Waals surface area contributed by atoms with Crippen molar-refractivity contribution in [2.75, 3.05) is 43.9 Å². The Kier molecular flexibility index (Phi) is 24.6. The van der Waals surface area contributed by atoms with Gasteiger partial charge in [-0.2, -0.15) is 0 Å². The second kappa shape index (κ2) is 32.0. The van der Waals surface area contributed by atoms with Gasteiger partial charge in [-0.3, -0.25) is 77.3 Å². The van der Waals surface area contributed by atoms with Crippen LogP contribution in [0, 0.1) is 17.8 Å². The molecule has 0 saturated carbocycles. The summed E-state index contributed by atoms with van der Waals surface area (Å²) in [5.74, 6) is -13.2. The van der Waals surface area contributed by atoms with Gasteiger partial charge in [0.15, 0.2) is 11.9 Å². The molecule has 1 saturated heterocycles. The molecule has 4 aliphatic heterocycles. The number of amides is 13. The van der Waals surface area contributed by atoms with E-state index in [9.17, 15) is 77.6 Å². The SMILES string of the molecule is CC[C@H](C)[C@@H]1NC(=O)CNC(=O)C2Cc3c([nH]c4cc(OCc5ccc(NC(=O)[C@@H](C)NC(=O)[C@@H](NC(=O)CCN6C(=O)C=CC6=O)C(C)C)cc5)ccc34)SCC(NC(=O)CNC1=O)C(=O)N[C@@H](CC(N)=O)C(=O)N1C[C@H](O)C[C@@]1(C=O)N[C@@H]([C@@H](C)[C@@H](O)CO)C(=O)N2. The highest BCUT2D eigenvalue weighted by atomic mass is 32.2. The Morgan fingerprint density at radius 2 is 1.49 bits per heavy atom. The van der Waals surface area contributed by atoms with Gasteiger partial charge >= 0.3 is 0 Å². The van der Waals surface area contributed by atoms with Gasteiger partial charge in [0, 0.05) is 73.3 Å². The molecule has 12 atom stereocenters. The molecule has 2 bridgehead atoms. The quantitative estimate of drug-likeness (QED) is 0.0377. The first-order chi connectivity index (χ1) is 44.5. The normalized spacial score (nSPS) is 24.3. The van der Waals surface area contributed by atoms with E-state index < -0.39 is 200 Å². The van der Waals surface area contributed by atoms with Gasteiger partial charge in [0.05, 0.1) is 54.9 Å². The Morgan fingerprint density at radius 1 is 0.819 bits per heavy atom. The van der Waals surface area contributed by atoms with Crippen molar-refractivity contribution >= 4 is 111 Å². The lowest BCUT2D eigenvalue weighted by molar-refractivity contribution is -0.147. The standard InChI is InChI=1S/C61H80N14O18S/c1-7-30(4)51-56(89)64-22-46(82)67-42-27-94-59-38(19-40(54(87)63-23-47(83)72-51)68-58(91)52(31(5)43(79)25-76)73-61(28-77)21-35(78)24-75(61)60(92)41(20-44(62)80)69-55(42)88)37-13-12-36(18-39(37)70-59)93-26-33-8-10-34(11-9-33)66-53(86)32(6)65-57(90)50(29(2)3)71-45(81)16-17-74-48(84)14-15-49(74)85/h8-15,18,28-32,35,40-43,50-52,70,73,76,78-79H,7,16-17,19-27H2,1-6H3,(H2,62,80)(H,63,87)(H,64,89)(H,65,90)(H,66,86)(H,67,82)(H,68,91)(H,69,88)(H,71,81)(H,72,83)/t30-,31-,32+,35+,40?,41-,42?,43-,50-,51-,52-,61+/m0/s1. The van der Waals surface area contributed by atoms with E-state index in [0.29, 0.717) is 39.9 Å². The number of hydrogen-bond donors (Lipinski definition) is 15. The van der Waals surface area contributed by atoms with Gasteiger partial charge < -0.3 is 83.5 Å². The Hall–Kier alpha value is -9.31. The fraction of sp³-hybridized carbons (Fsp3) is 0.508. The maximum absolute atomic E-state index is 15.0. The minimum Gasteiger partial charge on any atom is -0.489 e. The van der Waals surface area contributed by atoms with Gasteiger partial charge in [0.2, 0.25) is 65.0 Å². The molecular weight excluding hydrogens is 1250 g/mol. The number of H-pyrrole nitrogens is 1. The smallest absolute Gasteiger partial charge is 0.253 e.